The summed E-state index contributed by atoms with van der Waals surface area (Å²) in [6, 6.07) is 8.05. The van der Waals surface area contributed by atoms with E-state index in [0.717, 1.165) is 31.7 Å². The molecule has 1 aliphatic heterocycles. The summed E-state index contributed by atoms with van der Waals surface area (Å²) < 4.78 is 32.1. The first-order valence-corrected chi connectivity index (χ1v) is 12.1. The van der Waals surface area contributed by atoms with Crippen LogP contribution in [0.15, 0.2) is 24.3 Å². The fourth-order valence-electron chi connectivity index (χ4n) is 4.02. The second-order valence-electron chi connectivity index (χ2n) is 9.28. The summed E-state index contributed by atoms with van der Waals surface area (Å²) >= 11 is 0. The van der Waals surface area contributed by atoms with Crippen molar-refractivity contribution in [2.45, 2.75) is 76.0 Å². The van der Waals surface area contributed by atoms with E-state index in [1.807, 2.05) is 12.1 Å². The number of hydrogen-bond donors (Lipinski definition) is 2. The van der Waals surface area contributed by atoms with Crippen LogP contribution in [0.3, 0.4) is 0 Å². The molecule has 1 amide bonds. The highest BCUT2D eigenvalue weighted by molar-refractivity contribution is 7.90. The monoisotopic (exact) mass is 422 g/mol. The second kappa shape index (κ2) is 9.14. The van der Waals surface area contributed by atoms with Gasteiger partial charge < -0.3 is 10.1 Å². The third-order valence-corrected chi connectivity index (χ3v) is 8.33. The predicted octanol–water partition coefficient (Wildman–Crippen LogP) is 3.80. The van der Waals surface area contributed by atoms with Gasteiger partial charge in [-0.15, -0.1) is 0 Å². The molecule has 2 fully saturated rings. The number of benzene rings is 1. The molecule has 1 aromatic carbocycles. The Balaban J connectivity index is 1.52. The van der Waals surface area contributed by atoms with Crippen molar-refractivity contribution >= 4 is 21.6 Å². The highest BCUT2D eigenvalue weighted by Crippen LogP contribution is 2.30. The zero-order valence-electron chi connectivity index (χ0n) is 17.7. The Bertz CT molecular complexity index is 802. The van der Waals surface area contributed by atoms with Crippen LogP contribution in [-0.2, 0) is 19.6 Å². The number of hydrogen-bond acceptors (Lipinski definition) is 4. The molecule has 0 aromatic heterocycles. The van der Waals surface area contributed by atoms with E-state index in [2.05, 4.69) is 22.2 Å². The Kier molecular flexibility index (Phi) is 7.02. The summed E-state index contributed by atoms with van der Waals surface area (Å²) in [6.45, 7) is 6.68. The van der Waals surface area contributed by atoms with Gasteiger partial charge in [-0.3, -0.25) is 4.79 Å². The maximum Gasteiger partial charge on any atom is 0.227 e. The van der Waals surface area contributed by atoms with Crippen LogP contribution in [0.4, 0.5) is 5.69 Å². The van der Waals surface area contributed by atoms with Crippen LogP contribution < -0.4 is 10.0 Å². The topological polar surface area (TPSA) is 84.5 Å². The van der Waals surface area contributed by atoms with Crippen molar-refractivity contribution in [1.82, 2.24) is 4.72 Å². The van der Waals surface area contributed by atoms with Crippen LogP contribution in [0.5, 0.6) is 0 Å². The fraction of sp³-hybridized carbons (Fsp3) is 0.682. The number of anilines is 1. The maximum absolute atomic E-state index is 12.7. The molecule has 1 aromatic rings. The molecular weight excluding hydrogens is 388 g/mol. The summed E-state index contributed by atoms with van der Waals surface area (Å²) in [5, 5.41) is 3.07. The lowest BCUT2D eigenvalue weighted by atomic mass is 9.86. The average Bonchev–Trinajstić information content (AvgIpc) is 2.68. The molecule has 7 heteroatoms. The van der Waals surface area contributed by atoms with Gasteiger partial charge in [-0.1, -0.05) is 12.1 Å². The van der Waals surface area contributed by atoms with E-state index in [1.54, 1.807) is 20.8 Å². The number of amides is 1. The number of carbonyl (C=O) groups excluding carboxylic acids is 1. The van der Waals surface area contributed by atoms with Gasteiger partial charge in [-0.25, -0.2) is 13.1 Å². The van der Waals surface area contributed by atoms with Crippen LogP contribution >= 0.6 is 0 Å². The van der Waals surface area contributed by atoms with Gasteiger partial charge in [0.15, 0.2) is 0 Å². The molecule has 0 atom stereocenters. The molecule has 3 rings (SSSR count). The quantitative estimate of drug-likeness (QED) is 0.756. The molecule has 6 nitrogen and oxygen atoms in total. The molecule has 1 heterocycles. The Hall–Kier alpha value is -1.44. The van der Waals surface area contributed by atoms with E-state index in [4.69, 9.17) is 4.74 Å². The molecular formula is C22H34N2O4S. The maximum atomic E-state index is 12.7. The van der Waals surface area contributed by atoms with Crippen molar-refractivity contribution in [3.05, 3.63) is 29.8 Å². The van der Waals surface area contributed by atoms with E-state index in [1.165, 1.54) is 5.56 Å². The summed E-state index contributed by atoms with van der Waals surface area (Å²) in [5.41, 5.74) is 2.10. The van der Waals surface area contributed by atoms with E-state index < -0.39 is 14.8 Å². The summed E-state index contributed by atoms with van der Waals surface area (Å²) in [7, 11) is -3.36. The van der Waals surface area contributed by atoms with Gasteiger partial charge >= 0.3 is 0 Å². The number of rotatable bonds is 5. The normalized spacial score (nSPS) is 24.2. The molecule has 0 spiro atoms. The van der Waals surface area contributed by atoms with Crippen LogP contribution in [0.1, 0.15) is 70.8 Å². The fourth-order valence-corrected chi connectivity index (χ4v) is 5.04. The van der Waals surface area contributed by atoms with Gasteiger partial charge in [0.2, 0.25) is 15.9 Å². The minimum absolute atomic E-state index is 0.0336. The lowest BCUT2D eigenvalue weighted by Gasteiger charge is -2.31. The molecule has 162 valence electrons. The molecule has 29 heavy (non-hydrogen) atoms. The van der Waals surface area contributed by atoms with Crippen molar-refractivity contribution in [1.29, 1.82) is 0 Å². The Morgan fingerprint density at radius 3 is 2.31 bits per heavy atom. The summed E-state index contributed by atoms with van der Waals surface area (Å²) in [5.74, 6) is 0.454. The van der Waals surface area contributed by atoms with Crippen molar-refractivity contribution in [3.63, 3.8) is 0 Å². The smallest absolute Gasteiger partial charge is 0.227 e. The molecule has 2 aliphatic rings. The SMILES string of the molecule is CC(C)(C)S(=O)(=O)NC1CCC(C(=O)Nc2cccc(C3CCOCC3)c2)CC1. The number of nitrogens with one attached hydrogen (secondary N) is 2. The third-order valence-electron chi connectivity index (χ3n) is 6.07. The van der Waals surface area contributed by atoms with Crippen LogP contribution in [0.2, 0.25) is 0 Å². The number of sulfonamides is 1. The molecule has 0 radical (unpaired) electrons. The van der Waals surface area contributed by atoms with Gasteiger partial charge in [0.1, 0.15) is 0 Å². The lowest BCUT2D eigenvalue weighted by molar-refractivity contribution is -0.120. The van der Waals surface area contributed by atoms with E-state index in [9.17, 15) is 13.2 Å². The minimum atomic E-state index is -3.36. The highest BCUT2D eigenvalue weighted by atomic mass is 32.2. The predicted molar refractivity (Wildman–Crippen MR) is 115 cm³/mol. The number of ether oxygens (including phenoxy) is 1. The van der Waals surface area contributed by atoms with Crippen LogP contribution in [0, 0.1) is 5.92 Å². The van der Waals surface area contributed by atoms with Crippen molar-refractivity contribution < 1.29 is 17.9 Å². The van der Waals surface area contributed by atoms with Gasteiger partial charge in [0.25, 0.3) is 0 Å². The highest BCUT2D eigenvalue weighted by Gasteiger charge is 2.34. The first-order valence-electron chi connectivity index (χ1n) is 10.7. The van der Waals surface area contributed by atoms with Gasteiger partial charge in [-0.2, -0.15) is 0 Å². The van der Waals surface area contributed by atoms with E-state index in [0.29, 0.717) is 31.6 Å². The molecule has 2 N–H and O–H groups in total. The van der Waals surface area contributed by atoms with Crippen molar-refractivity contribution in [2.24, 2.45) is 5.92 Å². The largest absolute Gasteiger partial charge is 0.381 e. The lowest BCUT2D eigenvalue weighted by Crippen LogP contribution is -2.46. The van der Waals surface area contributed by atoms with Gasteiger partial charge in [0.05, 0.1) is 4.75 Å². The Morgan fingerprint density at radius 2 is 1.69 bits per heavy atom. The van der Waals surface area contributed by atoms with Gasteiger partial charge in [-0.05, 0) is 82.9 Å². The van der Waals surface area contributed by atoms with E-state index in [-0.39, 0.29) is 17.9 Å². The first-order chi connectivity index (χ1) is 13.7. The van der Waals surface area contributed by atoms with Crippen LogP contribution in [-0.4, -0.2) is 38.3 Å². The summed E-state index contributed by atoms with van der Waals surface area (Å²) in [6.07, 6.45) is 4.81. The van der Waals surface area contributed by atoms with Gasteiger partial charge in [0, 0.05) is 30.9 Å². The van der Waals surface area contributed by atoms with Crippen molar-refractivity contribution in [3.8, 4) is 0 Å². The minimum Gasteiger partial charge on any atom is -0.381 e. The Morgan fingerprint density at radius 1 is 1.03 bits per heavy atom. The molecule has 0 bridgehead atoms. The summed E-state index contributed by atoms with van der Waals surface area (Å²) in [4.78, 5) is 12.7. The first kappa shape index (κ1) is 22.2. The average molecular weight is 423 g/mol. The second-order valence-corrected chi connectivity index (χ2v) is 11.8. The molecule has 1 saturated carbocycles. The number of carbonyl (C=O) groups is 1. The third kappa shape index (κ3) is 5.80. The zero-order chi connectivity index (χ0) is 21.1. The standard InChI is InChI=1S/C22H34N2O4S/c1-22(2,3)29(26,27)24-19-9-7-17(8-10-19)21(25)23-20-6-4-5-18(15-20)16-11-13-28-14-12-16/h4-6,15-17,19,24H,7-14H2,1-3H3,(H,23,25). The van der Waals surface area contributed by atoms with E-state index >= 15 is 0 Å². The molecule has 1 saturated heterocycles. The Labute approximate surface area is 174 Å². The van der Waals surface area contributed by atoms with Crippen molar-refractivity contribution in [2.75, 3.05) is 18.5 Å². The zero-order valence-corrected chi connectivity index (χ0v) is 18.6. The van der Waals surface area contributed by atoms with Crippen LogP contribution in [0.25, 0.3) is 0 Å². The molecule has 0 unspecified atom stereocenters. The molecule has 1 aliphatic carbocycles.